The van der Waals surface area contributed by atoms with E-state index >= 15 is 0 Å². The smallest absolute Gasteiger partial charge is 0.129 e. The van der Waals surface area contributed by atoms with Crippen LogP contribution in [0.4, 0.5) is 4.39 Å². The van der Waals surface area contributed by atoms with Gasteiger partial charge in [0.05, 0.1) is 13.2 Å². The fourth-order valence-corrected chi connectivity index (χ4v) is 1.15. The molecule has 1 aromatic rings. The summed E-state index contributed by atoms with van der Waals surface area (Å²) in [6.07, 6.45) is 0. The Morgan fingerprint density at radius 3 is 2.73 bits per heavy atom. The van der Waals surface area contributed by atoms with Gasteiger partial charge in [0.25, 0.3) is 0 Å². The molecule has 1 rings (SSSR count). The molecule has 0 fully saturated rings. The Bertz CT molecular complexity index is 305. The zero-order valence-electron chi connectivity index (χ0n) is 8.63. The molecule has 0 saturated heterocycles. The monoisotopic (exact) mass is 232 g/mol. The molecule has 15 heavy (non-hydrogen) atoms. The van der Waals surface area contributed by atoms with Crippen LogP contribution in [0.2, 0.25) is 0 Å². The molecule has 4 heteroatoms. The number of halogens is 2. The molecule has 0 radical (unpaired) electrons. The van der Waals surface area contributed by atoms with Gasteiger partial charge >= 0.3 is 0 Å². The molecule has 0 N–H and O–H groups in total. The summed E-state index contributed by atoms with van der Waals surface area (Å²) >= 11 is 5.42. The molecule has 0 amide bonds. The van der Waals surface area contributed by atoms with Crippen LogP contribution < -0.4 is 4.74 Å². The van der Waals surface area contributed by atoms with E-state index in [1.165, 1.54) is 6.07 Å². The first-order valence-corrected chi connectivity index (χ1v) is 5.30. The molecule has 0 aliphatic heterocycles. The van der Waals surface area contributed by atoms with Crippen molar-refractivity contribution in [3.8, 4) is 5.75 Å². The number of alkyl halides is 1. The van der Waals surface area contributed by atoms with E-state index in [2.05, 4.69) is 0 Å². The van der Waals surface area contributed by atoms with Gasteiger partial charge in [-0.05, 0) is 18.6 Å². The number of hydrogen-bond acceptors (Lipinski definition) is 2. The third-order valence-electron chi connectivity index (χ3n) is 1.86. The van der Waals surface area contributed by atoms with Crippen LogP contribution in [0.25, 0.3) is 0 Å². The van der Waals surface area contributed by atoms with Crippen LogP contribution in [0.5, 0.6) is 5.75 Å². The molecule has 0 heterocycles. The van der Waals surface area contributed by atoms with E-state index < -0.39 is 0 Å². The highest BCUT2D eigenvalue weighted by Gasteiger charge is 1.99. The summed E-state index contributed by atoms with van der Waals surface area (Å²) in [5, 5.41) is 0. The normalized spacial score (nSPS) is 10.3. The maximum Gasteiger partial charge on any atom is 0.129 e. The average molecular weight is 233 g/mol. The summed E-state index contributed by atoms with van der Waals surface area (Å²) in [5.74, 6) is 0.737. The van der Waals surface area contributed by atoms with E-state index in [9.17, 15) is 4.39 Å². The highest BCUT2D eigenvalue weighted by molar-refractivity contribution is 6.17. The SMILES string of the molecule is Cc1ccc(OCCOCCCl)cc1F. The maximum absolute atomic E-state index is 13.1. The second-order valence-electron chi connectivity index (χ2n) is 3.06. The summed E-state index contributed by atoms with van der Waals surface area (Å²) in [7, 11) is 0. The number of rotatable bonds is 6. The van der Waals surface area contributed by atoms with E-state index in [1.54, 1.807) is 19.1 Å². The number of aryl methyl sites for hydroxylation is 1. The van der Waals surface area contributed by atoms with Gasteiger partial charge in [-0.2, -0.15) is 0 Å². The second kappa shape index (κ2) is 6.64. The quantitative estimate of drug-likeness (QED) is 0.555. The molecule has 0 unspecified atom stereocenters. The van der Waals surface area contributed by atoms with E-state index in [4.69, 9.17) is 21.1 Å². The van der Waals surface area contributed by atoms with E-state index in [1.807, 2.05) is 0 Å². The van der Waals surface area contributed by atoms with Gasteiger partial charge in [-0.1, -0.05) is 6.07 Å². The van der Waals surface area contributed by atoms with E-state index in [-0.39, 0.29) is 5.82 Å². The lowest BCUT2D eigenvalue weighted by Crippen LogP contribution is -2.08. The summed E-state index contributed by atoms with van der Waals surface area (Å²) < 4.78 is 23.5. The predicted molar refractivity (Wildman–Crippen MR) is 58.2 cm³/mol. The molecule has 0 bridgehead atoms. The van der Waals surface area contributed by atoms with Gasteiger partial charge in [-0.15, -0.1) is 11.6 Å². The molecule has 84 valence electrons. The third kappa shape index (κ3) is 4.49. The summed E-state index contributed by atoms with van der Waals surface area (Å²) in [6.45, 7) is 3.08. The lowest BCUT2D eigenvalue weighted by Gasteiger charge is -2.07. The molecule has 0 spiro atoms. The maximum atomic E-state index is 13.1. The van der Waals surface area contributed by atoms with Crippen LogP contribution in [0.15, 0.2) is 18.2 Å². The van der Waals surface area contributed by atoms with Crippen molar-refractivity contribution in [3.63, 3.8) is 0 Å². The van der Waals surface area contributed by atoms with Crippen LogP contribution in [0.1, 0.15) is 5.56 Å². The summed E-state index contributed by atoms with van der Waals surface area (Å²) in [6, 6.07) is 4.79. The number of ether oxygens (including phenoxy) is 2. The van der Waals surface area contributed by atoms with Crippen LogP contribution >= 0.6 is 11.6 Å². The standard InChI is InChI=1S/C11H14ClFO2/c1-9-2-3-10(8-11(9)13)15-7-6-14-5-4-12/h2-3,8H,4-7H2,1H3. The van der Waals surface area contributed by atoms with Gasteiger partial charge < -0.3 is 9.47 Å². The van der Waals surface area contributed by atoms with Gasteiger partial charge in [0.2, 0.25) is 0 Å². The van der Waals surface area contributed by atoms with Crippen molar-refractivity contribution in [2.24, 2.45) is 0 Å². The fraction of sp³-hybridized carbons (Fsp3) is 0.455. The van der Waals surface area contributed by atoms with Crippen molar-refractivity contribution in [1.82, 2.24) is 0 Å². The molecule has 2 nitrogen and oxygen atoms in total. The molecule has 0 atom stereocenters. The van der Waals surface area contributed by atoms with Crippen molar-refractivity contribution < 1.29 is 13.9 Å². The second-order valence-corrected chi connectivity index (χ2v) is 3.44. The zero-order chi connectivity index (χ0) is 11.1. The van der Waals surface area contributed by atoms with Crippen molar-refractivity contribution in [2.45, 2.75) is 6.92 Å². The van der Waals surface area contributed by atoms with Gasteiger partial charge in [0.1, 0.15) is 18.2 Å². The molecule has 1 aromatic carbocycles. The lowest BCUT2D eigenvalue weighted by atomic mass is 10.2. The minimum atomic E-state index is -0.255. The summed E-state index contributed by atoms with van der Waals surface area (Å²) in [4.78, 5) is 0. The predicted octanol–water partition coefficient (Wildman–Crippen LogP) is 2.77. The minimum Gasteiger partial charge on any atom is -0.491 e. The first-order chi connectivity index (χ1) is 7.24. The largest absolute Gasteiger partial charge is 0.491 e. The Hall–Kier alpha value is -0.800. The number of hydrogen-bond donors (Lipinski definition) is 0. The van der Waals surface area contributed by atoms with Gasteiger partial charge in [-0.25, -0.2) is 4.39 Å². The van der Waals surface area contributed by atoms with Crippen LogP contribution in [0.3, 0.4) is 0 Å². The first kappa shape index (κ1) is 12.3. The van der Waals surface area contributed by atoms with Gasteiger partial charge in [0, 0.05) is 11.9 Å². The van der Waals surface area contributed by atoms with Gasteiger partial charge in [-0.3, -0.25) is 0 Å². The molecule has 0 aliphatic carbocycles. The fourth-order valence-electron chi connectivity index (χ4n) is 1.04. The van der Waals surface area contributed by atoms with Crippen LogP contribution in [-0.4, -0.2) is 25.7 Å². The Kier molecular flexibility index (Phi) is 5.43. The van der Waals surface area contributed by atoms with E-state index in [0.717, 1.165) is 0 Å². The molecular formula is C11H14ClFO2. The average Bonchev–Trinajstić information content (AvgIpc) is 2.23. The molecule has 0 aliphatic rings. The van der Waals surface area contributed by atoms with Crippen molar-refractivity contribution >= 4 is 11.6 Å². The van der Waals surface area contributed by atoms with Crippen molar-refractivity contribution in [2.75, 3.05) is 25.7 Å². The van der Waals surface area contributed by atoms with Crippen LogP contribution in [-0.2, 0) is 4.74 Å². The van der Waals surface area contributed by atoms with E-state index in [0.29, 0.717) is 37.0 Å². The highest BCUT2D eigenvalue weighted by atomic mass is 35.5. The Morgan fingerprint density at radius 2 is 2.07 bits per heavy atom. The van der Waals surface area contributed by atoms with Crippen molar-refractivity contribution in [3.05, 3.63) is 29.6 Å². The molecule has 0 aromatic heterocycles. The first-order valence-electron chi connectivity index (χ1n) is 4.76. The minimum absolute atomic E-state index is 0.255. The van der Waals surface area contributed by atoms with Gasteiger partial charge in [0.15, 0.2) is 0 Å². The Balaban J connectivity index is 2.28. The highest BCUT2D eigenvalue weighted by Crippen LogP contribution is 2.15. The third-order valence-corrected chi connectivity index (χ3v) is 2.02. The number of benzene rings is 1. The Morgan fingerprint density at radius 1 is 1.27 bits per heavy atom. The molecular weight excluding hydrogens is 219 g/mol. The lowest BCUT2D eigenvalue weighted by molar-refractivity contribution is 0.111. The summed E-state index contributed by atoms with van der Waals surface area (Å²) in [5.41, 5.74) is 0.612. The topological polar surface area (TPSA) is 18.5 Å². The zero-order valence-corrected chi connectivity index (χ0v) is 9.39. The Labute approximate surface area is 94.0 Å². The van der Waals surface area contributed by atoms with Crippen molar-refractivity contribution in [1.29, 1.82) is 0 Å². The van der Waals surface area contributed by atoms with Crippen LogP contribution in [0, 0.1) is 12.7 Å². The molecule has 0 saturated carbocycles.